The van der Waals surface area contributed by atoms with Crippen molar-refractivity contribution in [3.05, 3.63) is 12.2 Å². The molecular weight excluding hydrogens is 294 g/mol. The van der Waals surface area contributed by atoms with Gasteiger partial charge in [-0.2, -0.15) is 0 Å². The van der Waals surface area contributed by atoms with Gasteiger partial charge in [-0.1, -0.05) is 38.3 Å². The summed E-state index contributed by atoms with van der Waals surface area (Å²) >= 11 is 0. The number of rotatable bonds is 12. The van der Waals surface area contributed by atoms with E-state index >= 15 is 0 Å². The zero-order valence-corrected chi connectivity index (χ0v) is 14.1. The number of Topliss-reactive ketones (excluding diaryl/α,β-unsaturated/α-hetero) is 1. The number of allylic oxidation sites excluding steroid dienone is 2. The van der Waals surface area contributed by atoms with Crippen molar-refractivity contribution >= 4 is 17.7 Å². The molecular formula is C18H29NO4. The average Bonchev–Trinajstić information content (AvgIpc) is 2.90. The molecule has 0 aromatic rings. The average molecular weight is 323 g/mol. The zero-order chi connectivity index (χ0) is 16.9. The second kappa shape index (κ2) is 11.9. The van der Waals surface area contributed by atoms with E-state index in [-0.39, 0.29) is 18.1 Å². The third kappa shape index (κ3) is 9.16. The van der Waals surface area contributed by atoms with Crippen molar-refractivity contribution in [1.29, 1.82) is 0 Å². The molecule has 23 heavy (non-hydrogen) atoms. The Bertz CT molecular complexity index is 417. The van der Waals surface area contributed by atoms with Gasteiger partial charge in [0.2, 0.25) is 5.91 Å². The number of carbonyl (C=O) groups is 3. The molecule has 1 amide bonds. The number of hydrogen-bond acceptors (Lipinski definition) is 4. The largest absolute Gasteiger partial charge is 0.464 e. The lowest BCUT2D eigenvalue weighted by Gasteiger charge is -2.08. The molecule has 0 bridgehead atoms. The maximum absolute atomic E-state index is 11.7. The van der Waals surface area contributed by atoms with E-state index in [0.717, 1.165) is 32.1 Å². The van der Waals surface area contributed by atoms with Crippen LogP contribution in [0.25, 0.3) is 0 Å². The van der Waals surface area contributed by atoms with Gasteiger partial charge in [-0.25, -0.2) is 4.79 Å². The first-order chi connectivity index (χ1) is 11.1. The van der Waals surface area contributed by atoms with E-state index in [9.17, 15) is 14.4 Å². The molecule has 0 spiro atoms. The predicted molar refractivity (Wildman–Crippen MR) is 88.9 cm³/mol. The van der Waals surface area contributed by atoms with Crippen molar-refractivity contribution in [2.24, 2.45) is 0 Å². The molecule has 130 valence electrons. The number of carbonyl (C=O) groups excluding carboxylic acids is 3. The SMILES string of the molecule is CCCCC=CCCCCCC(=O)CC(=O)N[C@H]1CCOC1=O. The molecule has 0 aliphatic carbocycles. The van der Waals surface area contributed by atoms with Gasteiger partial charge in [0.1, 0.15) is 11.8 Å². The number of unbranched alkanes of at least 4 members (excludes halogenated alkanes) is 5. The molecule has 1 aliphatic heterocycles. The van der Waals surface area contributed by atoms with Gasteiger partial charge in [-0.3, -0.25) is 9.59 Å². The maximum Gasteiger partial charge on any atom is 0.328 e. The highest BCUT2D eigenvalue weighted by Crippen LogP contribution is 2.08. The first-order valence-electron chi connectivity index (χ1n) is 8.76. The lowest BCUT2D eigenvalue weighted by Crippen LogP contribution is -2.38. The van der Waals surface area contributed by atoms with E-state index in [1.165, 1.54) is 12.8 Å². The van der Waals surface area contributed by atoms with Gasteiger partial charge in [0.05, 0.1) is 13.0 Å². The van der Waals surface area contributed by atoms with Crippen molar-refractivity contribution in [2.75, 3.05) is 6.61 Å². The Balaban J connectivity index is 2.00. The summed E-state index contributed by atoms with van der Waals surface area (Å²) in [7, 11) is 0. The van der Waals surface area contributed by atoms with Crippen molar-refractivity contribution in [2.45, 2.75) is 77.2 Å². The standard InChI is InChI=1S/C18H29NO4/c1-2-3-4-5-6-7-8-9-10-11-15(20)14-17(21)19-16-12-13-23-18(16)22/h5-6,16H,2-4,7-14H2,1H3,(H,19,21)/t16-/m0/s1. The van der Waals surface area contributed by atoms with Crippen LogP contribution in [0.2, 0.25) is 0 Å². The summed E-state index contributed by atoms with van der Waals surface area (Å²) in [5.41, 5.74) is 0. The van der Waals surface area contributed by atoms with E-state index in [0.29, 0.717) is 19.4 Å². The summed E-state index contributed by atoms with van der Waals surface area (Å²) in [6.45, 7) is 2.52. The molecule has 5 nitrogen and oxygen atoms in total. The second-order valence-corrected chi connectivity index (χ2v) is 6.00. The summed E-state index contributed by atoms with van der Waals surface area (Å²) in [5, 5.41) is 2.55. The Hall–Kier alpha value is -1.65. The smallest absolute Gasteiger partial charge is 0.328 e. The minimum Gasteiger partial charge on any atom is -0.464 e. The number of amides is 1. The zero-order valence-electron chi connectivity index (χ0n) is 14.1. The molecule has 0 saturated carbocycles. The van der Waals surface area contributed by atoms with Gasteiger partial charge >= 0.3 is 5.97 Å². The highest BCUT2D eigenvalue weighted by atomic mass is 16.5. The summed E-state index contributed by atoms with van der Waals surface area (Å²) in [6, 6.07) is -0.574. The fourth-order valence-corrected chi connectivity index (χ4v) is 2.46. The Morgan fingerprint density at radius 1 is 1.17 bits per heavy atom. The van der Waals surface area contributed by atoms with Crippen molar-refractivity contribution in [3.63, 3.8) is 0 Å². The molecule has 0 aromatic heterocycles. The van der Waals surface area contributed by atoms with Crippen LogP contribution < -0.4 is 5.32 Å². The first kappa shape index (κ1) is 19.4. The molecule has 1 atom stereocenters. The molecule has 1 fully saturated rings. The van der Waals surface area contributed by atoms with Crippen molar-refractivity contribution < 1.29 is 19.1 Å². The van der Waals surface area contributed by atoms with E-state index in [1.807, 2.05) is 0 Å². The van der Waals surface area contributed by atoms with Gasteiger partial charge in [-0.05, 0) is 25.7 Å². The summed E-state index contributed by atoms with van der Waals surface area (Å²) < 4.78 is 4.76. The van der Waals surface area contributed by atoms with Crippen LogP contribution in [0.15, 0.2) is 12.2 Å². The minimum atomic E-state index is -0.574. The number of nitrogens with one attached hydrogen (secondary N) is 1. The normalized spacial score (nSPS) is 17.4. The van der Waals surface area contributed by atoms with Crippen LogP contribution in [0.1, 0.15) is 71.1 Å². The van der Waals surface area contributed by atoms with Crippen LogP contribution in [-0.4, -0.2) is 30.3 Å². The Labute approximate surface area is 138 Å². The fraction of sp³-hybridized carbons (Fsp3) is 0.722. The molecule has 1 rings (SSSR count). The quantitative estimate of drug-likeness (QED) is 0.259. The Kier molecular flexibility index (Phi) is 10.00. The molecule has 0 unspecified atom stereocenters. The summed E-state index contributed by atoms with van der Waals surface area (Å²) in [4.78, 5) is 34.6. The Morgan fingerprint density at radius 3 is 2.57 bits per heavy atom. The van der Waals surface area contributed by atoms with Crippen LogP contribution in [0, 0.1) is 0 Å². The number of ketones is 1. The predicted octanol–water partition coefficient (Wildman–Crippen LogP) is 3.07. The van der Waals surface area contributed by atoms with Gasteiger partial charge in [0.25, 0.3) is 0 Å². The Morgan fingerprint density at radius 2 is 1.91 bits per heavy atom. The van der Waals surface area contributed by atoms with E-state index in [2.05, 4.69) is 24.4 Å². The van der Waals surface area contributed by atoms with Crippen molar-refractivity contribution in [1.82, 2.24) is 5.32 Å². The van der Waals surface area contributed by atoms with E-state index < -0.39 is 12.0 Å². The summed E-state index contributed by atoms with van der Waals surface area (Å²) in [6.07, 6.45) is 12.8. The first-order valence-corrected chi connectivity index (χ1v) is 8.76. The highest BCUT2D eigenvalue weighted by Gasteiger charge is 2.28. The number of hydrogen-bond donors (Lipinski definition) is 1. The van der Waals surface area contributed by atoms with Crippen LogP contribution >= 0.6 is 0 Å². The fourth-order valence-electron chi connectivity index (χ4n) is 2.46. The summed E-state index contributed by atoms with van der Waals surface area (Å²) in [5.74, 6) is -0.845. The molecule has 0 aromatic carbocycles. The lowest BCUT2D eigenvalue weighted by molar-refractivity contribution is -0.142. The van der Waals surface area contributed by atoms with Crippen LogP contribution in [-0.2, 0) is 19.1 Å². The van der Waals surface area contributed by atoms with Crippen LogP contribution in [0.5, 0.6) is 0 Å². The number of cyclic esters (lactones) is 1. The minimum absolute atomic E-state index is 0.0626. The molecule has 1 heterocycles. The van der Waals surface area contributed by atoms with E-state index in [1.54, 1.807) is 0 Å². The third-order valence-corrected chi connectivity index (χ3v) is 3.85. The number of esters is 1. The monoisotopic (exact) mass is 323 g/mol. The topological polar surface area (TPSA) is 72.5 Å². The third-order valence-electron chi connectivity index (χ3n) is 3.85. The van der Waals surface area contributed by atoms with Crippen LogP contribution in [0.3, 0.4) is 0 Å². The molecule has 1 aliphatic rings. The second-order valence-electron chi connectivity index (χ2n) is 6.00. The number of ether oxygens (including phenoxy) is 1. The van der Waals surface area contributed by atoms with Gasteiger partial charge in [0, 0.05) is 12.8 Å². The highest BCUT2D eigenvalue weighted by molar-refractivity contribution is 5.99. The van der Waals surface area contributed by atoms with E-state index in [4.69, 9.17) is 4.74 Å². The molecule has 5 heteroatoms. The molecule has 1 N–H and O–H groups in total. The molecule has 0 radical (unpaired) electrons. The van der Waals surface area contributed by atoms with Gasteiger partial charge < -0.3 is 10.1 Å². The van der Waals surface area contributed by atoms with Gasteiger partial charge in [0.15, 0.2) is 0 Å². The van der Waals surface area contributed by atoms with Crippen LogP contribution in [0.4, 0.5) is 0 Å². The maximum atomic E-state index is 11.7. The van der Waals surface area contributed by atoms with Gasteiger partial charge in [-0.15, -0.1) is 0 Å². The van der Waals surface area contributed by atoms with Crippen molar-refractivity contribution in [3.8, 4) is 0 Å². The molecule has 1 saturated heterocycles. The lowest BCUT2D eigenvalue weighted by atomic mass is 10.1.